The molecule has 2 N–H and O–H groups in total. The third kappa shape index (κ3) is 4.37. The Labute approximate surface area is 138 Å². The molecule has 130 valence electrons. The van der Waals surface area contributed by atoms with Crippen LogP contribution in [-0.2, 0) is 0 Å². The monoisotopic (exact) mass is 339 g/mol. The van der Waals surface area contributed by atoms with Crippen LogP contribution in [0.1, 0.15) is 35.2 Å². The Morgan fingerprint density at radius 2 is 1.67 bits per heavy atom. The summed E-state index contributed by atoms with van der Waals surface area (Å²) in [4.78, 5) is 17.3. The van der Waals surface area contributed by atoms with Crippen molar-refractivity contribution in [3.8, 4) is 0 Å². The van der Waals surface area contributed by atoms with E-state index >= 15 is 0 Å². The number of carbonyl (C=O) groups excluding carboxylic acids is 1. The molecule has 24 heavy (non-hydrogen) atoms. The summed E-state index contributed by atoms with van der Waals surface area (Å²) in [5.74, 6) is -0.0603. The van der Waals surface area contributed by atoms with Crippen molar-refractivity contribution < 1.29 is 18.0 Å². The molecule has 4 nitrogen and oxygen atoms in total. The number of aliphatic imine (C=N–C) groups is 1. The minimum absolute atomic E-state index is 0.0510. The van der Waals surface area contributed by atoms with Gasteiger partial charge in [0.25, 0.3) is 5.91 Å². The molecule has 1 aliphatic rings. The number of nitrogens with two attached hydrogens (primary N) is 1. The lowest BCUT2D eigenvalue weighted by Crippen LogP contribution is -2.35. The molecule has 1 aliphatic heterocycles. The Morgan fingerprint density at radius 3 is 2.17 bits per heavy atom. The minimum Gasteiger partial charge on any atom is -0.398 e. The highest BCUT2D eigenvalue weighted by molar-refractivity contribution is 6.04. The Hall–Kier alpha value is -2.31. The third-order valence-corrected chi connectivity index (χ3v) is 3.93. The van der Waals surface area contributed by atoms with Gasteiger partial charge in [-0.25, -0.2) is 0 Å². The van der Waals surface area contributed by atoms with Crippen LogP contribution >= 0.6 is 0 Å². The SMILES string of the molecule is CN=C(C=C(N)c1ccc(C(=O)N2CCCCC2)cc1)C(F)(F)F. The fraction of sp³-hybridized carbons (Fsp3) is 0.412. The normalized spacial score (nSPS) is 17.1. The number of benzene rings is 1. The maximum absolute atomic E-state index is 12.7. The van der Waals surface area contributed by atoms with Gasteiger partial charge in [-0.1, -0.05) is 12.1 Å². The van der Waals surface area contributed by atoms with E-state index in [-0.39, 0.29) is 11.6 Å². The fourth-order valence-corrected chi connectivity index (χ4v) is 2.59. The van der Waals surface area contributed by atoms with E-state index in [4.69, 9.17) is 5.73 Å². The molecule has 1 aromatic carbocycles. The van der Waals surface area contributed by atoms with E-state index in [1.54, 1.807) is 29.2 Å². The summed E-state index contributed by atoms with van der Waals surface area (Å²) in [6.45, 7) is 1.48. The lowest BCUT2D eigenvalue weighted by molar-refractivity contribution is -0.0577. The molecule has 1 saturated heterocycles. The first kappa shape index (κ1) is 18.0. The average molecular weight is 339 g/mol. The minimum atomic E-state index is -4.55. The van der Waals surface area contributed by atoms with Gasteiger partial charge in [0, 0.05) is 31.4 Å². The Bertz CT molecular complexity index is 642. The van der Waals surface area contributed by atoms with Gasteiger partial charge in [-0.15, -0.1) is 0 Å². The first-order valence-electron chi connectivity index (χ1n) is 7.74. The van der Waals surface area contributed by atoms with Crippen LogP contribution < -0.4 is 5.73 Å². The fourth-order valence-electron chi connectivity index (χ4n) is 2.59. The number of halogens is 3. The Balaban J connectivity index is 2.15. The number of rotatable bonds is 3. The van der Waals surface area contributed by atoms with Gasteiger partial charge < -0.3 is 10.6 Å². The number of nitrogens with zero attached hydrogens (tertiary/aromatic N) is 2. The average Bonchev–Trinajstić information content (AvgIpc) is 2.58. The van der Waals surface area contributed by atoms with Crippen LogP contribution in [0.25, 0.3) is 5.70 Å². The predicted molar refractivity (Wildman–Crippen MR) is 87.8 cm³/mol. The summed E-state index contributed by atoms with van der Waals surface area (Å²) in [7, 11) is 1.06. The van der Waals surface area contributed by atoms with Crippen molar-refractivity contribution in [2.45, 2.75) is 25.4 Å². The molecule has 1 heterocycles. The molecule has 0 radical (unpaired) electrons. The van der Waals surface area contributed by atoms with E-state index in [1.807, 2.05) is 0 Å². The summed E-state index contributed by atoms with van der Waals surface area (Å²) in [6.07, 6.45) is -0.637. The largest absolute Gasteiger partial charge is 0.432 e. The molecular weight excluding hydrogens is 319 g/mol. The van der Waals surface area contributed by atoms with Gasteiger partial charge in [-0.3, -0.25) is 9.79 Å². The second kappa shape index (κ2) is 7.51. The molecule has 2 rings (SSSR count). The van der Waals surface area contributed by atoms with Crippen LogP contribution in [0.5, 0.6) is 0 Å². The number of hydrogen-bond donors (Lipinski definition) is 1. The highest BCUT2D eigenvalue weighted by Gasteiger charge is 2.33. The van der Waals surface area contributed by atoms with Gasteiger partial charge in [-0.05, 0) is 43.0 Å². The van der Waals surface area contributed by atoms with Gasteiger partial charge in [0.2, 0.25) is 0 Å². The van der Waals surface area contributed by atoms with Crippen LogP contribution in [0.3, 0.4) is 0 Å². The van der Waals surface area contributed by atoms with Crippen molar-refractivity contribution in [3.63, 3.8) is 0 Å². The first-order chi connectivity index (χ1) is 11.3. The van der Waals surface area contributed by atoms with E-state index in [0.717, 1.165) is 45.5 Å². The topological polar surface area (TPSA) is 58.7 Å². The smallest absolute Gasteiger partial charge is 0.398 e. The molecule has 7 heteroatoms. The predicted octanol–water partition coefficient (Wildman–Crippen LogP) is 3.25. The molecule has 0 spiro atoms. The molecule has 1 amide bonds. The molecule has 0 aromatic heterocycles. The van der Waals surface area contributed by atoms with Crippen LogP contribution in [0.15, 0.2) is 35.3 Å². The summed E-state index contributed by atoms with van der Waals surface area (Å²) >= 11 is 0. The molecule has 0 atom stereocenters. The van der Waals surface area contributed by atoms with Gasteiger partial charge in [0.1, 0.15) is 5.71 Å². The molecule has 1 fully saturated rings. The second-order valence-electron chi connectivity index (χ2n) is 5.64. The lowest BCUT2D eigenvalue weighted by atomic mass is 10.1. The number of carbonyl (C=O) groups is 1. The number of hydrogen-bond acceptors (Lipinski definition) is 3. The van der Waals surface area contributed by atoms with Crippen LogP contribution in [-0.4, -0.2) is 42.8 Å². The van der Waals surface area contributed by atoms with E-state index in [2.05, 4.69) is 4.99 Å². The van der Waals surface area contributed by atoms with E-state index in [0.29, 0.717) is 11.1 Å². The second-order valence-corrected chi connectivity index (χ2v) is 5.64. The van der Waals surface area contributed by atoms with Crippen molar-refractivity contribution in [2.24, 2.45) is 10.7 Å². The van der Waals surface area contributed by atoms with E-state index in [9.17, 15) is 18.0 Å². The van der Waals surface area contributed by atoms with Crippen LogP contribution in [0, 0.1) is 0 Å². The van der Waals surface area contributed by atoms with Gasteiger partial charge in [-0.2, -0.15) is 13.2 Å². The number of piperidine rings is 1. The lowest BCUT2D eigenvalue weighted by Gasteiger charge is -2.26. The summed E-state index contributed by atoms with van der Waals surface area (Å²) in [5, 5.41) is 0. The summed E-state index contributed by atoms with van der Waals surface area (Å²) in [6, 6.07) is 6.27. The molecular formula is C17H20F3N3O. The van der Waals surface area contributed by atoms with E-state index in [1.165, 1.54) is 0 Å². The van der Waals surface area contributed by atoms with Crippen molar-refractivity contribution in [1.82, 2.24) is 4.90 Å². The number of alkyl halides is 3. The van der Waals surface area contributed by atoms with Gasteiger partial charge in [0.15, 0.2) is 0 Å². The first-order valence-corrected chi connectivity index (χ1v) is 7.74. The number of allylic oxidation sites excluding steroid dienone is 1. The molecule has 1 aromatic rings. The quantitative estimate of drug-likeness (QED) is 0.860. The highest BCUT2D eigenvalue weighted by Crippen LogP contribution is 2.21. The summed E-state index contributed by atoms with van der Waals surface area (Å²) in [5.41, 5.74) is 5.54. The number of likely N-dealkylation sites (tertiary alicyclic amines) is 1. The van der Waals surface area contributed by atoms with Crippen molar-refractivity contribution in [2.75, 3.05) is 20.1 Å². The zero-order valence-electron chi connectivity index (χ0n) is 13.4. The zero-order valence-corrected chi connectivity index (χ0v) is 13.4. The maximum atomic E-state index is 12.7. The number of amides is 1. The van der Waals surface area contributed by atoms with Crippen molar-refractivity contribution in [1.29, 1.82) is 0 Å². The highest BCUT2D eigenvalue weighted by atomic mass is 19.4. The van der Waals surface area contributed by atoms with Crippen molar-refractivity contribution >= 4 is 17.3 Å². The molecule has 0 bridgehead atoms. The Kier molecular flexibility index (Phi) is 5.64. The molecule has 0 aliphatic carbocycles. The standard InChI is InChI=1S/C17H20F3N3O/c1-22-15(17(18,19)20)11-14(21)12-5-7-13(8-6-12)16(24)23-9-3-2-4-10-23/h5-8,11H,2-4,9-10,21H2,1H3. The molecule has 0 unspecified atom stereocenters. The maximum Gasteiger partial charge on any atom is 0.432 e. The van der Waals surface area contributed by atoms with Gasteiger partial charge in [0.05, 0.1) is 0 Å². The Morgan fingerprint density at radius 1 is 1.12 bits per heavy atom. The van der Waals surface area contributed by atoms with Crippen LogP contribution in [0.2, 0.25) is 0 Å². The van der Waals surface area contributed by atoms with Crippen LogP contribution in [0.4, 0.5) is 13.2 Å². The van der Waals surface area contributed by atoms with Crippen molar-refractivity contribution in [3.05, 3.63) is 41.5 Å². The third-order valence-electron chi connectivity index (χ3n) is 3.93. The summed E-state index contributed by atoms with van der Waals surface area (Å²) < 4.78 is 38.1. The van der Waals surface area contributed by atoms with E-state index < -0.39 is 11.9 Å². The zero-order chi connectivity index (χ0) is 17.7. The molecule has 0 saturated carbocycles. The van der Waals surface area contributed by atoms with Gasteiger partial charge >= 0.3 is 6.18 Å².